The predicted octanol–water partition coefficient (Wildman–Crippen LogP) is 6.98. The lowest BCUT2D eigenvalue weighted by Crippen LogP contribution is -2.30. The van der Waals surface area contributed by atoms with Crippen molar-refractivity contribution in [2.75, 3.05) is 0 Å². The van der Waals surface area contributed by atoms with Crippen LogP contribution in [0.2, 0.25) is 0 Å². The first-order chi connectivity index (χ1) is 8.54. The third kappa shape index (κ3) is 6.94. The summed E-state index contributed by atoms with van der Waals surface area (Å²) in [5.41, 5.74) is 2.51. The molecule has 0 aromatic heterocycles. The first-order valence-electron chi connectivity index (χ1n) is 7.97. The molecule has 0 nitrogen and oxygen atoms in total. The van der Waals surface area contributed by atoms with E-state index >= 15 is 0 Å². The van der Waals surface area contributed by atoms with Crippen LogP contribution in [0.4, 0.5) is 0 Å². The highest BCUT2D eigenvalue weighted by Gasteiger charge is 2.37. The molecule has 0 saturated heterocycles. The van der Waals surface area contributed by atoms with E-state index in [0.29, 0.717) is 10.3 Å². The molecular formula is C18H37P. The highest BCUT2D eigenvalue weighted by Crippen LogP contribution is 2.63. The quantitative estimate of drug-likeness (QED) is 0.364. The minimum Gasteiger partial charge on any atom is -0.0927 e. The number of allylic oxidation sites excluding steroid dienone is 2. The van der Waals surface area contributed by atoms with E-state index in [1.54, 1.807) is 5.57 Å². The van der Waals surface area contributed by atoms with Gasteiger partial charge in [0.05, 0.1) is 0 Å². The van der Waals surface area contributed by atoms with Crippen molar-refractivity contribution >= 4 is 7.92 Å². The fourth-order valence-corrected chi connectivity index (χ4v) is 8.63. The zero-order valence-electron chi connectivity index (χ0n) is 14.9. The average Bonchev–Trinajstić information content (AvgIpc) is 2.19. The molecule has 0 heterocycles. The van der Waals surface area contributed by atoms with Crippen LogP contribution in [0.3, 0.4) is 0 Å². The molecule has 0 aromatic carbocycles. The summed E-state index contributed by atoms with van der Waals surface area (Å²) in [6.45, 7) is 21.6. The van der Waals surface area contributed by atoms with Crippen molar-refractivity contribution in [2.24, 2.45) is 0 Å². The van der Waals surface area contributed by atoms with Crippen LogP contribution in [0.15, 0.2) is 11.6 Å². The Morgan fingerprint density at radius 1 is 1.00 bits per heavy atom. The summed E-state index contributed by atoms with van der Waals surface area (Å²) in [7, 11) is 0.0239. The van der Waals surface area contributed by atoms with Crippen molar-refractivity contribution < 1.29 is 0 Å². The lowest BCUT2D eigenvalue weighted by Gasteiger charge is -2.45. The molecule has 0 saturated carbocycles. The van der Waals surface area contributed by atoms with Crippen molar-refractivity contribution in [1.29, 1.82) is 0 Å². The molecule has 114 valence electrons. The van der Waals surface area contributed by atoms with Crippen LogP contribution >= 0.6 is 7.92 Å². The zero-order valence-corrected chi connectivity index (χ0v) is 15.8. The molecule has 0 N–H and O–H groups in total. The van der Waals surface area contributed by atoms with Gasteiger partial charge in [0.15, 0.2) is 0 Å². The van der Waals surface area contributed by atoms with Gasteiger partial charge in [0.1, 0.15) is 0 Å². The molecule has 0 fully saturated rings. The molecule has 0 aliphatic heterocycles. The Kier molecular flexibility index (Phi) is 7.89. The maximum atomic E-state index is 2.49. The summed E-state index contributed by atoms with van der Waals surface area (Å²) in [5.74, 6) is 0. The highest BCUT2D eigenvalue weighted by atomic mass is 31.1. The first kappa shape index (κ1) is 19.2. The van der Waals surface area contributed by atoms with Gasteiger partial charge >= 0.3 is 0 Å². The molecule has 1 atom stereocenters. The van der Waals surface area contributed by atoms with Crippen molar-refractivity contribution in [3.8, 4) is 0 Å². The molecule has 0 aliphatic rings. The van der Waals surface area contributed by atoms with Crippen LogP contribution in [-0.4, -0.2) is 16.0 Å². The van der Waals surface area contributed by atoms with Gasteiger partial charge in [-0.2, -0.15) is 0 Å². The van der Waals surface area contributed by atoms with Gasteiger partial charge < -0.3 is 0 Å². The second-order valence-electron chi connectivity index (χ2n) is 7.80. The molecule has 0 rings (SSSR count). The summed E-state index contributed by atoms with van der Waals surface area (Å²) >= 11 is 0. The topological polar surface area (TPSA) is 0 Å². The van der Waals surface area contributed by atoms with E-state index in [0.717, 1.165) is 5.66 Å². The third-order valence-corrected chi connectivity index (χ3v) is 7.78. The molecule has 0 aromatic rings. The van der Waals surface area contributed by atoms with E-state index in [1.165, 1.54) is 25.7 Å². The Balaban J connectivity index is 4.72. The minimum absolute atomic E-state index is 0.0239. The smallest absolute Gasteiger partial charge is 0.0172 e. The summed E-state index contributed by atoms with van der Waals surface area (Å²) in [6.07, 6.45) is 7.57. The number of hydrogen-bond donors (Lipinski definition) is 0. The van der Waals surface area contributed by atoms with E-state index in [9.17, 15) is 0 Å². The van der Waals surface area contributed by atoms with Crippen LogP contribution < -0.4 is 0 Å². The van der Waals surface area contributed by atoms with Gasteiger partial charge in [0.2, 0.25) is 0 Å². The maximum absolute atomic E-state index is 2.49. The fraction of sp³-hybridized carbons (Fsp3) is 0.889. The van der Waals surface area contributed by atoms with E-state index in [1.807, 2.05) is 0 Å². The van der Waals surface area contributed by atoms with Crippen molar-refractivity contribution in [3.63, 3.8) is 0 Å². The molecule has 0 unspecified atom stereocenters. The van der Waals surface area contributed by atoms with Crippen molar-refractivity contribution in [1.82, 2.24) is 0 Å². The summed E-state index contributed by atoms with van der Waals surface area (Å²) in [5, 5.41) is 0.904. The Morgan fingerprint density at radius 2 is 1.47 bits per heavy atom. The van der Waals surface area contributed by atoms with Crippen molar-refractivity contribution in [3.05, 3.63) is 11.6 Å². The second-order valence-corrected chi connectivity index (χ2v) is 12.1. The lowest BCUT2D eigenvalue weighted by molar-refractivity contribution is 0.662. The molecular weight excluding hydrogens is 247 g/mol. The molecule has 0 radical (unpaired) electrons. The predicted molar refractivity (Wildman–Crippen MR) is 93.8 cm³/mol. The normalized spacial score (nSPS) is 16.0. The Labute approximate surface area is 124 Å². The van der Waals surface area contributed by atoms with Gasteiger partial charge in [-0.1, -0.05) is 81.4 Å². The van der Waals surface area contributed by atoms with Crippen LogP contribution in [0.1, 0.15) is 88.0 Å². The lowest BCUT2D eigenvalue weighted by atomic mass is 10.0. The maximum Gasteiger partial charge on any atom is -0.0172 e. The molecule has 0 spiro atoms. The van der Waals surface area contributed by atoms with Gasteiger partial charge in [-0.25, -0.2) is 0 Å². The van der Waals surface area contributed by atoms with E-state index in [2.05, 4.69) is 68.4 Å². The molecule has 1 heteroatoms. The van der Waals surface area contributed by atoms with Crippen LogP contribution in [0.5, 0.6) is 0 Å². The first-order valence-corrected chi connectivity index (χ1v) is 9.38. The number of hydrogen-bond acceptors (Lipinski definition) is 0. The van der Waals surface area contributed by atoms with Crippen LogP contribution in [0.25, 0.3) is 0 Å². The fourth-order valence-electron chi connectivity index (χ4n) is 3.59. The van der Waals surface area contributed by atoms with Crippen molar-refractivity contribution in [2.45, 2.75) is 104 Å². The standard InChI is InChI=1S/C18H37P/c1-10-12-16(11-2)14-13-15(3)19(17(4,5)6)18(7,8)9/h11,15H,10,12-14H2,1-9H3/b16-11-/t15-/m1/s1. The van der Waals surface area contributed by atoms with Gasteiger partial charge in [-0.05, 0) is 42.2 Å². The summed E-state index contributed by atoms with van der Waals surface area (Å²) in [4.78, 5) is 0. The average molecular weight is 284 g/mol. The Morgan fingerprint density at radius 3 is 1.79 bits per heavy atom. The largest absolute Gasteiger partial charge is 0.0927 e. The van der Waals surface area contributed by atoms with E-state index in [4.69, 9.17) is 0 Å². The highest BCUT2D eigenvalue weighted by molar-refractivity contribution is 7.61. The van der Waals surface area contributed by atoms with E-state index < -0.39 is 0 Å². The monoisotopic (exact) mass is 284 g/mol. The third-order valence-electron chi connectivity index (χ3n) is 3.75. The van der Waals surface area contributed by atoms with Gasteiger partial charge in [0, 0.05) is 0 Å². The molecule has 0 aliphatic carbocycles. The van der Waals surface area contributed by atoms with Gasteiger partial charge in [-0.15, -0.1) is 0 Å². The zero-order chi connectivity index (χ0) is 15.3. The SMILES string of the molecule is C/C=C(/CCC)CC[C@@H](C)P(C(C)(C)C)C(C)(C)C. The second kappa shape index (κ2) is 7.82. The Hall–Kier alpha value is 0.170. The van der Waals surface area contributed by atoms with Crippen LogP contribution in [-0.2, 0) is 0 Å². The minimum atomic E-state index is 0.0239. The summed E-state index contributed by atoms with van der Waals surface area (Å²) in [6, 6.07) is 0. The van der Waals surface area contributed by atoms with E-state index in [-0.39, 0.29) is 7.92 Å². The molecule has 19 heavy (non-hydrogen) atoms. The Bertz CT molecular complexity index is 261. The van der Waals surface area contributed by atoms with Crippen LogP contribution in [0, 0.1) is 0 Å². The number of rotatable bonds is 6. The molecule has 0 bridgehead atoms. The summed E-state index contributed by atoms with van der Waals surface area (Å²) < 4.78 is 0. The van der Waals surface area contributed by atoms with Gasteiger partial charge in [-0.3, -0.25) is 0 Å². The molecule has 0 amide bonds. The van der Waals surface area contributed by atoms with Gasteiger partial charge in [0.25, 0.3) is 0 Å².